The van der Waals surface area contributed by atoms with Crippen molar-refractivity contribution in [2.75, 3.05) is 38.3 Å². The van der Waals surface area contributed by atoms with Gasteiger partial charge in [-0.15, -0.1) is 0 Å². The van der Waals surface area contributed by atoms with Gasteiger partial charge in [0, 0.05) is 26.1 Å². The predicted molar refractivity (Wildman–Crippen MR) is 94.6 cm³/mol. The number of aromatic nitrogens is 1. The van der Waals surface area contributed by atoms with E-state index in [0.29, 0.717) is 32.1 Å². The molecule has 0 spiro atoms. The average molecular weight is 363 g/mol. The number of hydrogen-bond donors (Lipinski definition) is 0. The van der Waals surface area contributed by atoms with Crippen LogP contribution in [0.1, 0.15) is 37.7 Å². The quantitative estimate of drug-likeness (QED) is 0.707. The maximum atomic E-state index is 12.4. The van der Waals surface area contributed by atoms with Crippen LogP contribution in [0.2, 0.25) is 0 Å². The van der Waals surface area contributed by atoms with Gasteiger partial charge in [-0.05, 0) is 32.9 Å². The van der Waals surface area contributed by atoms with Crippen LogP contribution in [0.3, 0.4) is 0 Å². The molecule has 0 aromatic carbocycles. The molecule has 3 heterocycles. The fourth-order valence-electron chi connectivity index (χ4n) is 3.18. The van der Waals surface area contributed by atoms with Crippen molar-refractivity contribution in [1.82, 2.24) is 9.88 Å². The molecule has 1 aromatic heterocycles. The second-order valence-corrected chi connectivity index (χ2v) is 7.42. The summed E-state index contributed by atoms with van der Waals surface area (Å²) in [6.07, 6.45) is 0.463. The lowest BCUT2D eigenvalue weighted by atomic mass is 10.1. The van der Waals surface area contributed by atoms with E-state index in [-0.39, 0.29) is 17.8 Å². The fraction of sp³-hybridized carbons (Fsp3) is 0.611. The van der Waals surface area contributed by atoms with Gasteiger partial charge in [0.25, 0.3) is 0 Å². The third-order valence-corrected chi connectivity index (χ3v) is 4.37. The zero-order valence-corrected chi connectivity index (χ0v) is 15.7. The third-order valence-electron chi connectivity index (χ3n) is 4.37. The van der Waals surface area contributed by atoms with E-state index in [2.05, 4.69) is 9.88 Å². The molecule has 3 rings (SSSR count). The highest BCUT2D eigenvalue weighted by Gasteiger charge is 2.35. The van der Waals surface area contributed by atoms with Gasteiger partial charge in [0.15, 0.2) is 5.69 Å². The fourth-order valence-corrected chi connectivity index (χ4v) is 3.18. The molecule has 1 saturated heterocycles. The average Bonchev–Trinajstić information content (AvgIpc) is 2.77. The molecule has 142 valence electrons. The maximum Gasteiger partial charge on any atom is 0.410 e. The standard InChI is InChI=1S/C18H25N3O5/c1-18(2,3)26-17(23)20-8-9-21-12(11-20)7-10-25-15-14(21)6-5-13(19-15)16(22)24-4/h5-6,12H,7-11H2,1-4H3. The summed E-state index contributed by atoms with van der Waals surface area (Å²) < 4.78 is 16.0. The number of anilines is 1. The Morgan fingerprint density at radius 3 is 2.73 bits per heavy atom. The molecule has 1 fully saturated rings. The Hall–Kier alpha value is -2.51. The summed E-state index contributed by atoms with van der Waals surface area (Å²) in [7, 11) is 1.32. The van der Waals surface area contributed by atoms with Crippen LogP contribution >= 0.6 is 0 Å². The van der Waals surface area contributed by atoms with E-state index in [0.717, 1.165) is 12.1 Å². The predicted octanol–water partition coefficient (Wildman–Crippen LogP) is 2.08. The lowest BCUT2D eigenvalue weighted by Gasteiger charge is -2.41. The summed E-state index contributed by atoms with van der Waals surface area (Å²) in [5, 5.41) is 0. The summed E-state index contributed by atoms with van der Waals surface area (Å²) in [6, 6.07) is 3.58. The van der Waals surface area contributed by atoms with Gasteiger partial charge in [-0.3, -0.25) is 0 Å². The molecular weight excluding hydrogens is 338 g/mol. The molecule has 0 radical (unpaired) electrons. The Labute approximate surface area is 153 Å². The van der Waals surface area contributed by atoms with Gasteiger partial charge in [0.1, 0.15) is 11.3 Å². The van der Waals surface area contributed by atoms with Crippen molar-refractivity contribution < 1.29 is 23.8 Å². The van der Waals surface area contributed by atoms with Gasteiger partial charge < -0.3 is 24.0 Å². The monoisotopic (exact) mass is 363 g/mol. The van der Waals surface area contributed by atoms with Crippen LogP contribution in [0.5, 0.6) is 5.88 Å². The van der Waals surface area contributed by atoms with Crippen LogP contribution in [0, 0.1) is 0 Å². The third kappa shape index (κ3) is 3.84. The van der Waals surface area contributed by atoms with Gasteiger partial charge in [-0.2, -0.15) is 0 Å². The normalized spacial score (nSPS) is 19.6. The van der Waals surface area contributed by atoms with E-state index in [9.17, 15) is 9.59 Å². The van der Waals surface area contributed by atoms with Crippen LogP contribution in [0.25, 0.3) is 0 Å². The number of carbonyl (C=O) groups is 2. The van der Waals surface area contributed by atoms with E-state index < -0.39 is 11.6 Å². The second-order valence-electron chi connectivity index (χ2n) is 7.42. The lowest BCUT2D eigenvalue weighted by Crippen LogP contribution is -2.55. The van der Waals surface area contributed by atoms with Crippen molar-refractivity contribution in [3.63, 3.8) is 0 Å². The van der Waals surface area contributed by atoms with E-state index in [1.54, 1.807) is 11.0 Å². The molecule has 1 aromatic rings. The Morgan fingerprint density at radius 2 is 2.04 bits per heavy atom. The molecular formula is C18H25N3O5. The number of esters is 1. The van der Waals surface area contributed by atoms with Crippen LogP contribution in [-0.4, -0.2) is 66.9 Å². The zero-order chi connectivity index (χ0) is 18.9. The van der Waals surface area contributed by atoms with Gasteiger partial charge in [0.2, 0.25) is 5.88 Å². The first-order valence-corrected chi connectivity index (χ1v) is 8.75. The Bertz CT molecular complexity index is 701. The van der Waals surface area contributed by atoms with Gasteiger partial charge >= 0.3 is 12.1 Å². The minimum absolute atomic E-state index is 0.114. The number of ether oxygens (including phenoxy) is 3. The van der Waals surface area contributed by atoms with Crippen molar-refractivity contribution in [3.05, 3.63) is 17.8 Å². The van der Waals surface area contributed by atoms with E-state index in [4.69, 9.17) is 14.2 Å². The number of fused-ring (bicyclic) bond motifs is 3. The first kappa shape index (κ1) is 18.3. The first-order valence-electron chi connectivity index (χ1n) is 8.75. The summed E-state index contributed by atoms with van der Waals surface area (Å²) in [6.45, 7) is 7.83. The smallest absolute Gasteiger partial charge is 0.410 e. The topological polar surface area (TPSA) is 81.2 Å². The molecule has 0 aliphatic carbocycles. The van der Waals surface area contributed by atoms with Gasteiger partial charge in [-0.25, -0.2) is 14.6 Å². The van der Waals surface area contributed by atoms with Crippen LogP contribution < -0.4 is 9.64 Å². The molecule has 1 atom stereocenters. The number of nitrogens with zero attached hydrogens (tertiary/aromatic N) is 3. The first-order chi connectivity index (χ1) is 12.3. The van der Waals surface area contributed by atoms with Crippen LogP contribution in [0.15, 0.2) is 12.1 Å². The number of methoxy groups -OCH3 is 1. The van der Waals surface area contributed by atoms with Gasteiger partial charge in [-0.1, -0.05) is 0 Å². The molecule has 26 heavy (non-hydrogen) atoms. The van der Waals surface area contributed by atoms with Crippen LogP contribution in [0.4, 0.5) is 10.5 Å². The highest BCUT2D eigenvalue weighted by molar-refractivity contribution is 5.88. The summed E-state index contributed by atoms with van der Waals surface area (Å²) in [5.41, 5.74) is 0.544. The number of carbonyl (C=O) groups excluding carboxylic acids is 2. The SMILES string of the molecule is COC(=O)c1ccc2c(n1)OCCC1CN(C(=O)OC(C)(C)C)CCN21. The highest BCUT2D eigenvalue weighted by atomic mass is 16.6. The number of piperazine rings is 1. The molecule has 0 N–H and O–H groups in total. The van der Waals surface area contributed by atoms with Crippen molar-refractivity contribution in [2.45, 2.75) is 38.8 Å². The van der Waals surface area contributed by atoms with E-state index in [1.807, 2.05) is 26.8 Å². The minimum atomic E-state index is -0.512. The molecule has 2 aliphatic heterocycles. The van der Waals surface area contributed by atoms with Crippen molar-refractivity contribution >= 4 is 17.7 Å². The molecule has 8 nitrogen and oxygen atoms in total. The highest BCUT2D eigenvalue weighted by Crippen LogP contribution is 2.33. The number of pyridine rings is 1. The number of rotatable bonds is 1. The van der Waals surface area contributed by atoms with Crippen molar-refractivity contribution in [2.24, 2.45) is 0 Å². The number of hydrogen-bond acceptors (Lipinski definition) is 7. The van der Waals surface area contributed by atoms with Crippen molar-refractivity contribution in [3.8, 4) is 5.88 Å². The van der Waals surface area contributed by atoms with E-state index >= 15 is 0 Å². The molecule has 1 unspecified atom stereocenters. The molecule has 8 heteroatoms. The second kappa shape index (κ2) is 7.01. The summed E-state index contributed by atoms with van der Waals surface area (Å²) >= 11 is 0. The molecule has 0 saturated carbocycles. The Morgan fingerprint density at radius 1 is 1.27 bits per heavy atom. The lowest BCUT2D eigenvalue weighted by molar-refractivity contribution is 0.0211. The van der Waals surface area contributed by atoms with Gasteiger partial charge in [0.05, 0.1) is 19.8 Å². The number of amides is 1. The van der Waals surface area contributed by atoms with Crippen molar-refractivity contribution in [1.29, 1.82) is 0 Å². The Kier molecular flexibility index (Phi) is 4.93. The zero-order valence-electron chi connectivity index (χ0n) is 15.7. The largest absolute Gasteiger partial charge is 0.476 e. The van der Waals surface area contributed by atoms with E-state index in [1.165, 1.54) is 7.11 Å². The molecule has 0 bridgehead atoms. The minimum Gasteiger partial charge on any atom is -0.476 e. The maximum absolute atomic E-state index is 12.4. The summed E-state index contributed by atoms with van der Waals surface area (Å²) in [5.74, 6) is -0.0620. The van der Waals surface area contributed by atoms with Crippen LogP contribution in [-0.2, 0) is 9.47 Å². The Balaban J connectivity index is 1.77. The summed E-state index contributed by atoms with van der Waals surface area (Å²) in [4.78, 5) is 32.3. The molecule has 2 aliphatic rings. The molecule has 1 amide bonds.